The van der Waals surface area contributed by atoms with Crippen molar-refractivity contribution in [2.45, 2.75) is 12.8 Å². The van der Waals surface area contributed by atoms with Crippen LogP contribution in [0.25, 0.3) is 0 Å². The largest absolute Gasteiger partial charge is 0.492 e. The van der Waals surface area contributed by atoms with Crippen LogP contribution in [0.15, 0.2) is 42.9 Å². The molecule has 0 unspecified atom stereocenters. The van der Waals surface area contributed by atoms with Crippen LogP contribution in [0.1, 0.15) is 12.8 Å². The fourth-order valence-corrected chi connectivity index (χ4v) is 4.24. The average Bonchev–Trinajstić information content (AvgIpc) is 2.81. The van der Waals surface area contributed by atoms with Crippen LogP contribution in [0.5, 0.6) is 5.75 Å². The number of benzene rings is 1. The molecule has 0 N–H and O–H groups in total. The van der Waals surface area contributed by atoms with E-state index in [1.807, 2.05) is 29.2 Å². The second kappa shape index (κ2) is 10.1. The van der Waals surface area contributed by atoms with Crippen molar-refractivity contribution in [3.63, 3.8) is 0 Å². The van der Waals surface area contributed by atoms with Gasteiger partial charge in [0.2, 0.25) is 5.91 Å². The van der Waals surface area contributed by atoms with Gasteiger partial charge in [-0.05, 0) is 37.1 Å². The second-order valence-corrected chi connectivity index (χ2v) is 8.25. The number of anilines is 1. The molecule has 0 aliphatic carbocycles. The lowest BCUT2D eigenvalue weighted by molar-refractivity contribution is -0.137. The van der Waals surface area contributed by atoms with E-state index in [4.69, 9.17) is 16.3 Å². The summed E-state index contributed by atoms with van der Waals surface area (Å²) in [5, 5.41) is 0.709. The minimum Gasteiger partial charge on any atom is -0.492 e. The van der Waals surface area contributed by atoms with Crippen molar-refractivity contribution in [2.75, 3.05) is 57.3 Å². The van der Waals surface area contributed by atoms with Crippen molar-refractivity contribution in [1.82, 2.24) is 19.8 Å². The van der Waals surface area contributed by atoms with Crippen LogP contribution in [-0.2, 0) is 4.79 Å². The van der Waals surface area contributed by atoms with E-state index < -0.39 is 0 Å². The molecule has 8 heteroatoms. The number of ether oxygens (including phenoxy) is 1. The highest BCUT2D eigenvalue weighted by Gasteiger charge is 2.31. The summed E-state index contributed by atoms with van der Waals surface area (Å²) in [5.41, 5.74) is 0. The summed E-state index contributed by atoms with van der Waals surface area (Å²) in [5.74, 6) is 2.01. The van der Waals surface area contributed by atoms with Gasteiger partial charge in [0, 0.05) is 63.2 Å². The highest BCUT2D eigenvalue weighted by atomic mass is 35.5. The minimum atomic E-state index is 0.0422. The molecule has 1 atom stereocenters. The normalized spacial score (nSPS) is 20.2. The third-order valence-electron chi connectivity index (χ3n) is 5.82. The van der Waals surface area contributed by atoms with E-state index in [9.17, 15) is 4.79 Å². The molecule has 1 aromatic heterocycles. The Kier molecular flexibility index (Phi) is 7.02. The van der Waals surface area contributed by atoms with Crippen molar-refractivity contribution in [3.8, 4) is 5.75 Å². The molecule has 2 aromatic rings. The molecule has 2 aliphatic heterocycles. The molecule has 2 saturated heterocycles. The van der Waals surface area contributed by atoms with Gasteiger partial charge in [-0.25, -0.2) is 4.98 Å². The number of carbonyl (C=O) groups excluding carboxylic acids is 1. The monoisotopic (exact) mass is 429 g/mol. The molecule has 2 aliphatic rings. The maximum absolute atomic E-state index is 13.1. The number of amides is 1. The number of hydrogen-bond donors (Lipinski definition) is 0. The number of nitrogens with zero attached hydrogens (tertiary/aromatic N) is 5. The van der Waals surface area contributed by atoms with Crippen LogP contribution < -0.4 is 9.64 Å². The van der Waals surface area contributed by atoms with Gasteiger partial charge in [0.15, 0.2) is 0 Å². The number of rotatable bonds is 6. The lowest BCUT2D eigenvalue weighted by atomic mass is 9.96. The van der Waals surface area contributed by atoms with E-state index >= 15 is 0 Å². The summed E-state index contributed by atoms with van der Waals surface area (Å²) in [6.45, 7) is 6.48. The zero-order chi connectivity index (χ0) is 20.8. The third-order valence-corrected chi connectivity index (χ3v) is 6.07. The zero-order valence-electron chi connectivity index (χ0n) is 17.1. The summed E-state index contributed by atoms with van der Waals surface area (Å²) in [6, 6.07) is 7.43. The Morgan fingerprint density at radius 3 is 2.63 bits per heavy atom. The molecular formula is C22H28ClN5O2. The van der Waals surface area contributed by atoms with E-state index in [0.29, 0.717) is 11.6 Å². The molecule has 30 heavy (non-hydrogen) atoms. The van der Waals surface area contributed by atoms with Gasteiger partial charge in [0.25, 0.3) is 0 Å². The van der Waals surface area contributed by atoms with Crippen molar-refractivity contribution in [1.29, 1.82) is 0 Å². The van der Waals surface area contributed by atoms with Crippen molar-refractivity contribution in [2.24, 2.45) is 5.92 Å². The number of carbonyl (C=O) groups is 1. The first-order chi connectivity index (χ1) is 14.7. The molecule has 0 radical (unpaired) electrons. The van der Waals surface area contributed by atoms with Gasteiger partial charge in [-0.3, -0.25) is 14.7 Å². The van der Waals surface area contributed by atoms with Gasteiger partial charge >= 0.3 is 0 Å². The SMILES string of the molecule is O=C([C@@H]1CCCN(c2cnccn2)C1)N1CCN(CCOc2ccc(Cl)cc2)CC1. The molecule has 0 saturated carbocycles. The molecule has 1 amide bonds. The summed E-state index contributed by atoms with van der Waals surface area (Å²) in [6.07, 6.45) is 7.12. The topological polar surface area (TPSA) is 61.8 Å². The van der Waals surface area contributed by atoms with Crippen LogP contribution >= 0.6 is 11.6 Å². The van der Waals surface area contributed by atoms with Crippen LogP contribution in [-0.4, -0.2) is 78.1 Å². The summed E-state index contributed by atoms with van der Waals surface area (Å²) in [4.78, 5) is 28.2. The van der Waals surface area contributed by atoms with Gasteiger partial charge in [0.1, 0.15) is 18.2 Å². The molecule has 7 nitrogen and oxygen atoms in total. The Labute approximate surface area is 182 Å². The second-order valence-electron chi connectivity index (χ2n) is 7.82. The molecule has 4 rings (SSSR count). The lowest BCUT2D eigenvalue weighted by Crippen LogP contribution is -2.53. The van der Waals surface area contributed by atoms with Gasteiger partial charge in [0.05, 0.1) is 12.1 Å². The average molecular weight is 430 g/mol. The number of halogens is 1. The smallest absolute Gasteiger partial charge is 0.227 e. The fourth-order valence-electron chi connectivity index (χ4n) is 4.11. The number of piperazine rings is 1. The van der Waals surface area contributed by atoms with Gasteiger partial charge < -0.3 is 14.5 Å². The van der Waals surface area contributed by atoms with E-state index in [1.54, 1.807) is 18.6 Å². The van der Waals surface area contributed by atoms with Crippen molar-refractivity contribution < 1.29 is 9.53 Å². The van der Waals surface area contributed by atoms with Crippen molar-refractivity contribution in [3.05, 3.63) is 47.9 Å². The van der Waals surface area contributed by atoms with Crippen LogP contribution in [0.4, 0.5) is 5.82 Å². The minimum absolute atomic E-state index is 0.0422. The predicted octanol–water partition coefficient (Wildman–Crippen LogP) is 2.57. The fraction of sp³-hybridized carbons (Fsp3) is 0.500. The van der Waals surface area contributed by atoms with Gasteiger partial charge in [-0.2, -0.15) is 0 Å². The quantitative estimate of drug-likeness (QED) is 0.703. The summed E-state index contributed by atoms with van der Waals surface area (Å²) >= 11 is 5.90. The Balaban J connectivity index is 1.20. The molecule has 1 aromatic carbocycles. The summed E-state index contributed by atoms with van der Waals surface area (Å²) in [7, 11) is 0. The standard InChI is InChI=1S/C22H28ClN5O2/c23-19-3-5-20(6-4-19)30-15-14-26-10-12-27(13-11-26)22(29)18-2-1-9-28(17-18)21-16-24-7-8-25-21/h3-8,16,18H,1-2,9-15,17H2/t18-/m1/s1. The molecule has 2 fully saturated rings. The third kappa shape index (κ3) is 5.40. The Morgan fingerprint density at radius 2 is 1.90 bits per heavy atom. The Morgan fingerprint density at radius 1 is 1.10 bits per heavy atom. The molecule has 160 valence electrons. The van der Waals surface area contributed by atoms with E-state index in [1.165, 1.54) is 0 Å². The molecule has 0 spiro atoms. The van der Waals surface area contributed by atoms with E-state index in [0.717, 1.165) is 70.2 Å². The van der Waals surface area contributed by atoms with Gasteiger partial charge in [-0.1, -0.05) is 11.6 Å². The Hall–Kier alpha value is -2.38. The van der Waals surface area contributed by atoms with Gasteiger partial charge in [-0.15, -0.1) is 0 Å². The number of hydrogen-bond acceptors (Lipinski definition) is 6. The van der Waals surface area contributed by atoms with Crippen LogP contribution in [0.3, 0.4) is 0 Å². The summed E-state index contributed by atoms with van der Waals surface area (Å²) < 4.78 is 5.79. The maximum atomic E-state index is 13.1. The highest BCUT2D eigenvalue weighted by Crippen LogP contribution is 2.23. The van der Waals surface area contributed by atoms with Crippen LogP contribution in [0, 0.1) is 5.92 Å². The number of piperidine rings is 1. The lowest BCUT2D eigenvalue weighted by Gasteiger charge is -2.39. The first kappa shape index (κ1) is 20.9. The Bertz CT molecular complexity index is 812. The van der Waals surface area contributed by atoms with Crippen molar-refractivity contribution >= 4 is 23.3 Å². The molecule has 0 bridgehead atoms. The molecule has 3 heterocycles. The van der Waals surface area contributed by atoms with E-state index in [-0.39, 0.29) is 11.8 Å². The van der Waals surface area contributed by atoms with E-state index in [2.05, 4.69) is 19.8 Å². The van der Waals surface area contributed by atoms with Crippen LogP contribution in [0.2, 0.25) is 5.02 Å². The zero-order valence-corrected chi connectivity index (χ0v) is 17.9. The highest BCUT2D eigenvalue weighted by molar-refractivity contribution is 6.30. The first-order valence-electron chi connectivity index (χ1n) is 10.6. The molecular weight excluding hydrogens is 402 g/mol. The maximum Gasteiger partial charge on any atom is 0.227 e. The predicted molar refractivity (Wildman–Crippen MR) is 117 cm³/mol. The first-order valence-corrected chi connectivity index (χ1v) is 11.0. The number of aromatic nitrogens is 2.